The van der Waals surface area contributed by atoms with E-state index < -0.39 is 23.5 Å². The minimum atomic E-state index is -1.34. The van der Waals surface area contributed by atoms with Crippen LogP contribution < -0.4 is 10.2 Å². The Bertz CT molecular complexity index is 820. The number of pyridine rings is 1. The lowest BCUT2D eigenvalue weighted by atomic mass is 9.89. The van der Waals surface area contributed by atoms with Crippen molar-refractivity contribution in [3.8, 4) is 0 Å². The summed E-state index contributed by atoms with van der Waals surface area (Å²) in [6.07, 6.45) is 3.34. The van der Waals surface area contributed by atoms with E-state index in [0.29, 0.717) is 23.5 Å². The van der Waals surface area contributed by atoms with Gasteiger partial charge in [-0.05, 0) is 30.7 Å². The third-order valence-corrected chi connectivity index (χ3v) is 4.40. The van der Waals surface area contributed by atoms with E-state index in [4.69, 9.17) is 0 Å². The Morgan fingerprint density at radius 2 is 1.92 bits per heavy atom. The van der Waals surface area contributed by atoms with Crippen LogP contribution in [0.3, 0.4) is 0 Å². The largest absolute Gasteiger partial charge is 0.349 e. The van der Waals surface area contributed by atoms with Crippen LogP contribution in [0.1, 0.15) is 35.8 Å². The van der Waals surface area contributed by atoms with Gasteiger partial charge in [0, 0.05) is 18.3 Å². The summed E-state index contributed by atoms with van der Waals surface area (Å²) < 4.78 is 0. The molecule has 1 unspecified atom stereocenters. The number of carbonyl (C=O) groups is 3. The lowest BCUT2D eigenvalue weighted by Crippen LogP contribution is -2.51. The van der Waals surface area contributed by atoms with Crippen molar-refractivity contribution in [2.24, 2.45) is 5.92 Å². The normalized spacial score (nSPS) is 16.3. The van der Waals surface area contributed by atoms with Gasteiger partial charge >= 0.3 is 0 Å². The Balaban J connectivity index is 1.83. The van der Waals surface area contributed by atoms with Crippen molar-refractivity contribution in [2.45, 2.75) is 26.3 Å². The molecule has 1 aliphatic heterocycles. The van der Waals surface area contributed by atoms with Gasteiger partial charge in [-0.1, -0.05) is 31.5 Å². The van der Waals surface area contributed by atoms with Crippen molar-refractivity contribution < 1.29 is 14.4 Å². The van der Waals surface area contributed by atoms with E-state index in [1.54, 1.807) is 47.5 Å². The van der Waals surface area contributed by atoms with Gasteiger partial charge in [0.15, 0.2) is 11.7 Å². The molecule has 2 heterocycles. The molecule has 0 saturated heterocycles. The Morgan fingerprint density at radius 3 is 2.65 bits per heavy atom. The number of hydrogen-bond acceptors (Lipinski definition) is 4. The molecule has 1 aromatic carbocycles. The molecule has 3 rings (SSSR count). The van der Waals surface area contributed by atoms with Crippen LogP contribution >= 0.6 is 0 Å². The lowest BCUT2D eigenvalue weighted by molar-refractivity contribution is -0.132. The van der Waals surface area contributed by atoms with E-state index in [1.165, 1.54) is 0 Å². The number of carbonyl (C=O) groups excluding carboxylic acids is 3. The van der Waals surface area contributed by atoms with Gasteiger partial charge in [-0.2, -0.15) is 0 Å². The summed E-state index contributed by atoms with van der Waals surface area (Å²) in [4.78, 5) is 44.0. The highest BCUT2D eigenvalue weighted by Crippen LogP contribution is 2.31. The molecule has 6 heteroatoms. The standard InChI is InChI=1S/C20H21N3O3/c1-2-3-12-23-16-10-5-4-9-15(16)18(24)17(20(23)26)19(25)22-13-14-8-6-7-11-21-14/h4-11,17H,2-3,12-13H2,1H3,(H,22,25). The van der Waals surface area contributed by atoms with Crippen molar-refractivity contribution in [2.75, 3.05) is 11.4 Å². The third kappa shape index (κ3) is 3.49. The summed E-state index contributed by atoms with van der Waals surface area (Å²) in [6.45, 7) is 2.69. The number of nitrogens with zero attached hydrogens (tertiary/aromatic N) is 2. The van der Waals surface area contributed by atoms with Gasteiger partial charge in [-0.3, -0.25) is 19.4 Å². The maximum absolute atomic E-state index is 12.9. The number of fused-ring (bicyclic) bond motifs is 1. The molecule has 1 N–H and O–H groups in total. The molecular formula is C20H21N3O3. The Labute approximate surface area is 152 Å². The van der Waals surface area contributed by atoms with Crippen LogP contribution in [0.4, 0.5) is 5.69 Å². The highest BCUT2D eigenvalue weighted by molar-refractivity contribution is 6.31. The first-order valence-electron chi connectivity index (χ1n) is 8.75. The summed E-state index contributed by atoms with van der Waals surface area (Å²) >= 11 is 0. The molecule has 2 aromatic rings. The number of amides is 2. The fraction of sp³-hybridized carbons (Fsp3) is 0.300. The van der Waals surface area contributed by atoms with Gasteiger partial charge in [0.05, 0.1) is 17.9 Å². The van der Waals surface area contributed by atoms with Crippen molar-refractivity contribution in [3.63, 3.8) is 0 Å². The average molecular weight is 351 g/mol. The average Bonchev–Trinajstić information content (AvgIpc) is 2.67. The number of rotatable bonds is 6. The first kappa shape index (κ1) is 17.8. The second-order valence-corrected chi connectivity index (χ2v) is 6.20. The van der Waals surface area contributed by atoms with Crippen LogP contribution in [0.15, 0.2) is 48.7 Å². The van der Waals surface area contributed by atoms with E-state index in [-0.39, 0.29) is 6.54 Å². The van der Waals surface area contributed by atoms with Crippen LogP contribution in [-0.2, 0) is 16.1 Å². The quantitative estimate of drug-likeness (QED) is 0.810. The summed E-state index contributed by atoms with van der Waals surface area (Å²) in [5.41, 5.74) is 1.67. The maximum Gasteiger partial charge on any atom is 0.247 e. The van der Waals surface area contributed by atoms with Crippen LogP contribution in [0, 0.1) is 5.92 Å². The summed E-state index contributed by atoms with van der Waals surface area (Å²) in [7, 11) is 0. The molecule has 0 fully saturated rings. The topological polar surface area (TPSA) is 79.4 Å². The number of nitrogens with one attached hydrogen (secondary N) is 1. The van der Waals surface area contributed by atoms with E-state index in [2.05, 4.69) is 10.3 Å². The van der Waals surface area contributed by atoms with Gasteiger partial charge in [-0.25, -0.2) is 0 Å². The molecule has 134 valence electrons. The van der Waals surface area contributed by atoms with Crippen molar-refractivity contribution in [1.29, 1.82) is 0 Å². The second kappa shape index (κ2) is 7.91. The zero-order valence-corrected chi connectivity index (χ0v) is 14.6. The van der Waals surface area contributed by atoms with Gasteiger partial charge in [0.1, 0.15) is 0 Å². The number of hydrogen-bond donors (Lipinski definition) is 1. The van der Waals surface area contributed by atoms with E-state index >= 15 is 0 Å². The highest BCUT2D eigenvalue weighted by Gasteiger charge is 2.43. The number of anilines is 1. The summed E-state index contributed by atoms with van der Waals surface area (Å²) in [5.74, 6) is -2.83. The number of benzene rings is 1. The number of para-hydroxylation sites is 1. The molecule has 0 saturated carbocycles. The molecule has 0 bridgehead atoms. The number of unbranched alkanes of at least 4 members (excludes halogenated alkanes) is 1. The molecule has 1 aromatic heterocycles. The Kier molecular flexibility index (Phi) is 5.41. The fourth-order valence-corrected chi connectivity index (χ4v) is 3.02. The van der Waals surface area contributed by atoms with Crippen LogP contribution in [0.5, 0.6) is 0 Å². The fourth-order valence-electron chi connectivity index (χ4n) is 3.02. The minimum Gasteiger partial charge on any atom is -0.349 e. The number of Topliss-reactive ketones (excluding diaryl/α,β-unsaturated/α-hetero) is 1. The molecule has 6 nitrogen and oxygen atoms in total. The Hall–Kier alpha value is -3.02. The van der Waals surface area contributed by atoms with Crippen molar-refractivity contribution >= 4 is 23.3 Å². The molecule has 1 atom stereocenters. The third-order valence-electron chi connectivity index (χ3n) is 4.40. The first-order valence-corrected chi connectivity index (χ1v) is 8.75. The van der Waals surface area contributed by atoms with E-state index in [0.717, 1.165) is 12.8 Å². The van der Waals surface area contributed by atoms with Crippen molar-refractivity contribution in [1.82, 2.24) is 10.3 Å². The van der Waals surface area contributed by atoms with Gasteiger partial charge in [-0.15, -0.1) is 0 Å². The van der Waals surface area contributed by atoms with Crippen molar-refractivity contribution in [3.05, 3.63) is 59.9 Å². The highest BCUT2D eigenvalue weighted by atomic mass is 16.2. The molecule has 1 aliphatic rings. The SMILES string of the molecule is CCCCN1C(=O)C(C(=O)NCc2ccccn2)C(=O)c2ccccc21. The van der Waals surface area contributed by atoms with E-state index in [9.17, 15) is 14.4 Å². The molecule has 2 amide bonds. The molecule has 0 radical (unpaired) electrons. The summed E-state index contributed by atoms with van der Waals surface area (Å²) in [6, 6.07) is 12.3. The summed E-state index contributed by atoms with van der Waals surface area (Å²) in [5, 5.41) is 2.67. The lowest BCUT2D eigenvalue weighted by Gasteiger charge is -2.32. The first-order chi connectivity index (χ1) is 12.6. The molecule has 0 aliphatic carbocycles. The van der Waals surface area contributed by atoms with Gasteiger partial charge in [0.25, 0.3) is 0 Å². The predicted octanol–water partition coefficient (Wildman–Crippen LogP) is 2.34. The molecule has 0 spiro atoms. The van der Waals surface area contributed by atoms with Gasteiger partial charge < -0.3 is 10.2 Å². The molecule has 26 heavy (non-hydrogen) atoms. The monoisotopic (exact) mass is 351 g/mol. The maximum atomic E-state index is 12.9. The zero-order valence-electron chi connectivity index (χ0n) is 14.6. The molecular weight excluding hydrogens is 330 g/mol. The Morgan fingerprint density at radius 1 is 1.15 bits per heavy atom. The zero-order chi connectivity index (χ0) is 18.5. The van der Waals surface area contributed by atoms with E-state index in [1.807, 2.05) is 13.0 Å². The second-order valence-electron chi connectivity index (χ2n) is 6.20. The predicted molar refractivity (Wildman–Crippen MR) is 97.6 cm³/mol. The van der Waals surface area contributed by atoms with Crippen LogP contribution in [0.25, 0.3) is 0 Å². The van der Waals surface area contributed by atoms with Gasteiger partial charge in [0.2, 0.25) is 11.8 Å². The number of ketones is 1. The number of aromatic nitrogens is 1. The minimum absolute atomic E-state index is 0.174. The smallest absolute Gasteiger partial charge is 0.247 e. The van der Waals surface area contributed by atoms with Crippen LogP contribution in [0.2, 0.25) is 0 Å². The van der Waals surface area contributed by atoms with Crippen LogP contribution in [-0.4, -0.2) is 29.1 Å².